The predicted octanol–water partition coefficient (Wildman–Crippen LogP) is 2.13. The highest BCUT2D eigenvalue weighted by Gasteiger charge is 2.16. The molecule has 0 bridgehead atoms. The van der Waals surface area contributed by atoms with Crippen molar-refractivity contribution in [2.24, 2.45) is 5.92 Å². The third-order valence-electron chi connectivity index (χ3n) is 2.89. The molecule has 0 N–H and O–H groups in total. The van der Waals surface area contributed by atoms with E-state index >= 15 is 0 Å². The van der Waals surface area contributed by atoms with Gasteiger partial charge in [-0.25, -0.2) is 4.98 Å². The van der Waals surface area contributed by atoms with E-state index in [-0.39, 0.29) is 0 Å². The van der Waals surface area contributed by atoms with Crippen LogP contribution in [0.15, 0.2) is 18.3 Å². The van der Waals surface area contributed by atoms with E-state index in [4.69, 9.17) is 0 Å². The molecule has 1 unspecified atom stereocenters. The molecule has 1 aromatic heterocycles. The average Bonchev–Trinajstić information content (AvgIpc) is 2.29. The molecule has 1 saturated heterocycles. The SMILES string of the molecule is CC1CCCN(c2ccc(C=O)cn2)C1. The van der Waals surface area contributed by atoms with Crippen LogP contribution in [0.5, 0.6) is 0 Å². The smallest absolute Gasteiger partial charge is 0.151 e. The first-order valence-corrected chi connectivity index (χ1v) is 5.46. The van der Waals surface area contributed by atoms with Gasteiger partial charge in [-0.15, -0.1) is 0 Å². The van der Waals surface area contributed by atoms with Gasteiger partial charge in [-0.1, -0.05) is 6.92 Å². The van der Waals surface area contributed by atoms with Crippen molar-refractivity contribution in [1.82, 2.24) is 4.98 Å². The van der Waals surface area contributed by atoms with Gasteiger partial charge < -0.3 is 4.90 Å². The fourth-order valence-corrected chi connectivity index (χ4v) is 2.05. The fourth-order valence-electron chi connectivity index (χ4n) is 2.05. The maximum Gasteiger partial charge on any atom is 0.151 e. The number of piperidine rings is 1. The highest BCUT2D eigenvalue weighted by Crippen LogP contribution is 2.20. The van der Waals surface area contributed by atoms with Crippen LogP contribution in [0, 0.1) is 5.92 Å². The Bertz CT molecular complexity index is 334. The standard InChI is InChI=1S/C12H16N2O/c1-10-3-2-6-14(8-10)12-5-4-11(9-15)7-13-12/h4-5,7,9-10H,2-3,6,8H2,1H3. The van der Waals surface area contributed by atoms with Crippen molar-refractivity contribution in [2.45, 2.75) is 19.8 Å². The zero-order chi connectivity index (χ0) is 10.7. The number of hydrogen-bond donors (Lipinski definition) is 0. The molecule has 15 heavy (non-hydrogen) atoms. The van der Waals surface area contributed by atoms with Gasteiger partial charge in [0.05, 0.1) is 0 Å². The largest absolute Gasteiger partial charge is 0.356 e. The van der Waals surface area contributed by atoms with E-state index in [0.29, 0.717) is 5.56 Å². The van der Waals surface area contributed by atoms with Gasteiger partial charge in [0.25, 0.3) is 0 Å². The van der Waals surface area contributed by atoms with Crippen LogP contribution in [-0.4, -0.2) is 24.4 Å². The van der Waals surface area contributed by atoms with Crippen LogP contribution in [0.4, 0.5) is 5.82 Å². The number of anilines is 1. The number of hydrogen-bond acceptors (Lipinski definition) is 3. The molecular weight excluding hydrogens is 188 g/mol. The van der Waals surface area contributed by atoms with Crippen molar-refractivity contribution in [3.63, 3.8) is 0 Å². The lowest BCUT2D eigenvalue weighted by molar-refractivity contribution is 0.112. The van der Waals surface area contributed by atoms with E-state index in [0.717, 1.165) is 31.1 Å². The molecule has 3 nitrogen and oxygen atoms in total. The normalized spacial score (nSPS) is 21.4. The highest BCUT2D eigenvalue weighted by atomic mass is 16.1. The van der Waals surface area contributed by atoms with Crippen LogP contribution in [0.2, 0.25) is 0 Å². The Labute approximate surface area is 90.1 Å². The molecule has 0 saturated carbocycles. The molecule has 0 spiro atoms. The number of aromatic nitrogens is 1. The Hall–Kier alpha value is -1.38. The molecule has 0 aliphatic carbocycles. The van der Waals surface area contributed by atoms with Crippen LogP contribution in [-0.2, 0) is 0 Å². The lowest BCUT2D eigenvalue weighted by Gasteiger charge is -2.31. The Morgan fingerprint density at radius 1 is 1.53 bits per heavy atom. The first-order valence-electron chi connectivity index (χ1n) is 5.46. The van der Waals surface area contributed by atoms with E-state index in [2.05, 4.69) is 16.8 Å². The summed E-state index contributed by atoms with van der Waals surface area (Å²) in [6, 6.07) is 3.76. The van der Waals surface area contributed by atoms with Crippen LogP contribution in [0.25, 0.3) is 0 Å². The van der Waals surface area contributed by atoms with Crippen LogP contribution in [0.3, 0.4) is 0 Å². The molecule has 1 aromatic rings. The summed E-state index contributed by atoms with van der Waals surface area (Å²) in [5, 5.41) is 0. The number of aldehydes is 1. The van der Waals surface area contributed by atoms with Crippen molar-refractivity contribution in [1.29, 1.82) is 0 Å². The molecule has 0 aromatic carbocycles. The van der Waals surface area contributed by atoms with Crippen LogP contribution in [0.1, 0.15) is 30.1 Å². The second kappa shape index (κ2) is 4.43. The topological polar surface area (TPSA) is 33.2 Å². The minimum atomic E-state index is 0.642. The molecule has 1 aliphatic heterocycles. The molecule has 80 valence electrons. The molecule has 1 fully saturated rings. The van der Waals surface area contributed by atoms with Gasteiger partial charge in [-0.3, -0.25) is 4.79 Å². The molecule has 0 radical (unpaired) electrons. The number of rotatable bonds is 2. The first kappa shape index (κ1) is 10.1. The summed E-state index contributed by atoms with van der Waals surface area (Å²) < 4.78 is 0. The predicted molar refractivity (Wildman–Crippen MR) is 60.2 cm³/mol. The summed E-state index contributed by atoms with van der Waals surface area (Å²) in [7, 11) is 0. The zero-order valence-electron chi connectivity index (χ0n) is 9.02. The highest BCUT2D eigenvalue weighted by molar-refractivity contribution is 5.74. The van der Waals surface area contributed by atoms with Gasteiger partial charge >= 0.3 is 0 Å². The van der Waals surface area contributed by atoms with Crippen LogP contribution < -0.4 is 4.90 Å². The second-order valence-electron chi connectivity index (χ2n) is 4.26. The van der Waals surface area contributed by atoms with Gasteiger partial charge in [-0.05, 0) is 30.9 Å². The average molecular weight is 204 g/mol. The number of pyridine rings is 1. The lowest BCUT2D eigenvalue weighted by atomic mass is 10.0. The van der Waals surface area contributed by atoms with Crippen LogP contribution >= 0.6 is 0 Å². The summed E-state index contributed by atoms with van der Waals surface area (Å²) in [4.78, 5) is 17.1. The molecule has 2 heterocycles. The Morgan fingerprint density at radius 2 is 2.40 bits per heavy atom. The quantitative estimate of drug-likeness (QED) is 0.692. The van der Waals surface area contributed by atoms with Gasteiger partial charge in [0.1, 0.15) is 5.82 Å². The van der Waals surface area contributed by atoms with Crippen molar-refractivity contribution in [2.75, 3.05) is 18.0 Å². The number of carbonyl (C=O) groups is 1. The number of carbonyl (C=O) groups excluding carboxylic acids is 1. The van der Waals surface area contributed by atoms with Gasteiger partial charge in [0.2, 0.25) is 0 Å². The summed E-state index contributed by atoms with van der Waals surface area (Å²) in [5.41, 5.74) is 0.642. The molecule has 3 heteroatoms. The molecule has 0 amide bonds. The Balaban J connectivity index is 2.11. The van der Waals surface area contributed by atoms with E-state index < -0.39 is 0 Å². The van der Waals surface area contributed by atoms with Crippen molar-refractivity contribution >= 4 is 12.1 Å². The van der Waals surface area contributed by atoms with Gasteiger partial charge in [0.15, 0.2) is 6.29 Å². The van der Waals surface area contributed by atoms with Crippen molar-refractivity contribution < 1.29 is 4.79 Å². The third kappa shape index (κ3) is 2.35. The Kier molecular flexibility index (Phi) is 2.99. The number of nitrogens with zero attached hydrogens (tertiary/aromatic N) is 2. The second-order valence-corrected chi connectivity index (χ2v) is 4.26. The molecule has 1 aliphatic rings. The zero-order valence-corrected chi connectivity index (χ0v) is 9.02. The van der Waals surface area contributed by atoms with E-state index in [1.165, 1.54) is 12.8 Å². The maximum absolute atomic E-state index is 10.5. The molecule has 1 atom stereocenters. The Morgan fingerprint density at radius 3 is 3.00 bits per heavy atom. The third-order valence-corrected chi connectivity index (χ3v) is 2.89. The fraction of sp³-hybridized carbons (Fsp3) is 0.500. The van der Waals surface area contributed by atoms with E-state index in [1.54, 1.807) is 6.20 Å². The minimum absolute atomic E-state index is 0.642. The van der Waals surface area contributed by atoms with Gasteiger partial charge in [-0.2, -0.15) is 0 Å². The van der Waals surface area contributed by atoms with Crippen molar-refractivity contribution in [3.8, 4) is 0 Å². The van der Waals surface area contributed by atoms with Crippen molar-refractivity contribution in [3.05, 3.63) is 23.9 Å². The lowest BCUT2D eigenvalue weighted by Crippen LogP contribution is -2.34. The maximum atomic E-state index is 10.5. The summed E-state index contributed by atoms with van der Waals surface area (Å²) in [6.07, 6.45) is 5.01. The summed E-state index contributed by atoms with van der Waals surface area (Å²) in [6.45, 7) is 4.43. The molecule has 2 rings (SSSR count). The van der Waals surface area contributed by atoms with Gasteiger partial charge in [0, 0.05) is 24.8 Å². The summed E-state index contributed by atoms with van der Waals surface area (Å²) in [5.74, 6) is 1.73. The van der Waals surface area contributed by atoms with E-state index in [9.17, 15) is 4.79 Å². The molecular formula is C12H16N2O. The summed E-state index contributed by atoms with van der Waals surface area (Å²) >= 11 is 0. The monoisotopic (exact) mass is 204 g/mol. The van der Waals surface area contributed by atoms with E-state index in [1.807, 2.05) is 12.1 Å². The first-order chi connectivity index (χ1) is 7.29. The minimum Gasteiger partial charge on any atom is -0.356 e.